The molecule has 222 valence electrons. The first kappa shape index (κ1) is 31.5. The molecule has 0 radical (unpaired) electrons. The molecule has 1 fully saturated rings. The summed E-state index contributed by atoms with van der Waals surface area (Å²) < 4.78 is 11.9. The first-order valence-electron chi connectivity index (χ1n) is 13.6. The molecule has 0 spiro atoms. The number of ether oxygens (including phenoxy) is 2. The third-order valence-electron chi connectivity index (χ3n) is 8.67. The van der Waals surface area contributed by atoms with E-state index in [1.807, 2.05) is 6.92 Å². The summed E-state index contributed by atoms with van der Waals surface area (Å²) in [5, 5.41) is 38.1. The molecule has 0 bridgehead atoms. The maximum absolute atomic E-state index is 13.9. The second kappa shape index (κ2) is 12.2. The molecule has 1 saturated carbocycles. The molecule has 11 heteroatoms. The Kier molecular flexibility index (Phi) is 9.64. The van der Waals surface area contributed by atoms with Crippen LogP contribution >= 0.6 is 0 Å². The number of aliphatic hydroxyl groups excluding tert-OH is 2. The molecule has 0 aromatic rings. The molecular weight excluding hydrogens is 522 g/mol. The van der Waals surface area contributed by atoms with E-state index in [1.165, 1.54) is 43.2 Å². The van der Waals surface area contributed by atoms with Crippen molar-refractivity contribution in [3.63, 3.8) is 0 Å². The predicted octanol–water partition coefficient (Wildman–Crippen LogP) is 2.07. The Balaban J connectivity index is 1.99. The van der Waals surface area contributed by atoms with Crippen LogP contribution in [0.2, 0.25) is 0 Å². The van der Waals surface area contributed by atoms with Gasteiger partial charge in [-0.2, -0.15) is 0 Å². The van der Waals surface area contributed by atoms with Crippen LogP contribution < -0.4 is 0 Å². The number of methoxy groups -OCH3 is 1. The van der Waals surface area contributed by atoms with Crippen molar-refractivity contribution >= 4 is 23.8 Å². The van der Waals surface area contributed by atoms with Crippen LogP contribution in [-0.2, 0) is 28.7 Å². The molecule has 7 atom stereocenters. The van der Waals surface area contributed by atoms with Crippen molar-refractivity contribution in [3.8, 4) is 0 Å². The van der Waals surface area contributed by atoms with Crippen molar-refractivity contribution in [2.75, 3.05) is 13.7 Å². The molecule has 1 heterocycles. The van der Waals surface area contributed by atoms with Crippen molar-refractivity contribution in [2.24, 2.45) is 16.7 Å². The van der Waals surface area contributed by atoms with Gasteiger partial charge in [-0.3, -0.25) is 9.59 Å². The molecule has 3 rings (SSSR count). The third-order valence-corrected chi connectivity index (χ3v) is 8.67. The first-order chi connectivity index (χ1) is 18.7. The highest BCUT2D eigenvalue weighted by atomic mass is 16.6. The van der Waals surface area contributed by atoms with Gasteiger partial charge >= 0.3 is 17.9 Å². The molecule has 0 aromatic carbocycles. The predicted molar refractivity (Wildman–Crippen MR) is 143 cm³/mol. The number of fused-ring (bicyclic) bond motifs is 2. The lowest BCUT2D eigenvalue weighted by Crippen LogP contribution is -2.58. The van der Waals surface area contributed by atoms with Crippen LogP contribution in [0.4, 0.5) is 0 Å². The van der Waals surface area contributed by atoms with E-state index in [1.54, 1.807) is 0 Å². The fourth-order valence-corrected chi connectivity index (χ4v) is 6.98. The second-order valence-electron chi connectivity index (χ2n) is 11.9. The number of aliphatic carboxylic acids is 2. The van der Waals surface area contributed by atoms with E-state index in [2.05, 4.69) is 13.8 Å². The minimum Gasteiger partial charge on any atom is -0.481 e. The average Bonchev–Trinajstić information content (AvgIpc) is 3.18. The fraction of sp³-hybridized carbons (Fsp3) is 0.655. The van der Waals surface area contributed by atoms with E-state index in [4.69, 9.17) is 14.6 Å². The second-order valence-corrected chi connectivity index (χ2v) is 11.9. The fourth-order valence-electron chi connectivity index (χ4n) is 6.98. The highest BCUT2D eigenvalue weighted by Gasteiger charge is 2.63. The van der Waals surface area contributed by atoms with Gasteiger partial charge in [-0.15, -0.1) is 0 Å². The number of esters is 1. The zero-order valence-corrected chi connectivity index (χ0v) is 23.7. The highest BCUT2D eigenvalue weighted by molar-refractivity contribution is 6.01. The molecule has 4 N–H and O–H groups in total. The van der Waals surface area contributed by atoms with E-state index in [0.29, 0.717) is 17.6 Å². The van der Waals surface area contributed by atoms with E-state index < -0.39 is 66.1 Å². The molecule has 7 unspecified atom stereocenters. The molecular formula is C29H41NO10. The van der Waals surface area contributed by atoms with Crippen LogP contribution in [0.5, 0.6) is 0 Å². The van der Waals surface area contributed by atoms with E-state index in [0.717, 1.165) is 12.8 Å². The van der Waals surface area contributed by atoms with E-state index in [-0.39, 0.29) is 24.3 Å². The van der Waals surface area contributed by atoms with Crippen LogP contribution in [-0.4, -0.2) is 93.3 Å². The van der Waals surface area contributed by atoms with Crippen molar-refractivity contribution in [3.05, 3.63) is 35.5 Å². The van der Waals surface area contributed by atoms with Crippen molar-refractivity contribution in [1.82, 2.24) is 4.90 Å². The minimum absolute atomic E-state index is 0.0597. The maximum Gasteiger partial charge on any atom is 0.331 e. The SMILES string of the molecule is COC1C2=C(C(=O)N(C(CCC(=O)O)C(=O)O)C2)C2(C)CCCC(C)(C)C2C1OC(=O)/C=C/C=C/C(O)C(C)O. The minimum atomic E-state index is -1.32. The summed E-state index contributed by atoms with van der Waals surface area (Å²) >= 11 is 0. The van der Waals surface area contributed by atoms with Gasteiger partial charge in [-0.25, -0.2) is 9.59 Å². The Labute approximate surface area is 234 Å². The normalized spacial score (nSPS) is 30.2. The number of allylic oxidation sites excluding steroid dienone is 2. The Morgan fingerprint density at radius 2 is 1.80 bits per heavy atom. The Hall–Kier alpha value is -3.02. The van der Waals surface area contributed by atoms with Gasteiger partial charge in [0.15, 0.2) is 0 Å². The lowest BCUT2D eigenvalue weighted by Gasteiger charge is -2.57. The standard InChI is InChI=1S/C29H41NO10/c1-16(31)19(32)9-6-7-10-21(35)40-24-23(39-5)17-15-30(18(27(37)38)11-12-20(33)34)26(36)22(17)29(4)14-8-13-28(2,3)25(24)29/h6-7,9-10,16,18-19,23-25,31-32H,8,11-15H2,1-5H3,(H,33,34)(H,37,38)/b9-6+,10-7+. The van der Waals surface area contributed by atoms with Gasteiger partial charge in [-0.1, -0.05) is 45.4 Å². The number of carbonyl (C=O) groups is 4. The number of aliphatic hydroxyl groups is 2. The van der Waals surface area contributed by atoms with Crippen LogP contribution in [0.1, 0.15) is 59.8 Å². The van der Waals surface area contributed by atoms with Gasteiger partial charge in [0.05, 0.1) is 12.2 Å². The van der Waals surface area contributed by atoms with Gasteiger partial charge in [0, 0.05) is 43.1 Å². The molecule has 3 aliphatic rings. The smallest absolute Gasteiger partial charge is 0.331 e. The molecule has 11 nitrogen and oxygen atoms in total. The number of carboxylic acid groups (broad SMARTS) is 2. The van der Waals surface area contributed by atoms with Gasteiger partial charge in [-0.05, 0) is 37.2 Å². The quantitative estimate of drug-likeness (QED) is 0.166. The Morgan fingerprint density at radius 1 is 1.12 bits per heavy atom. The van der Waals surface area contributed by atoms with Gasteiger partial charge in [0.1, 0.15) is 18.2 Å². The summed E-state index contributed by atoms with van der Waals surface area (Å²) in [4.78, 5) is 51.4. The summed E-state index contributed by atoms with van der Waals surface area (Å²) in [5.41, 5.74) is -0.0468. The zero-order chi connectivity index (χ0) is 30.0. The molecule has 0 aromatic heterocycles. The zero-order valence-electron chi connectivity index (χ0n) is 23.7. The van der Waals surface area contributed by atoms with Crippen LogP contribution in [0.3, 0.4) is 0 Å². The van der Waals surface area contributed by atoms with Gasteiger partial charge in [0.25, 0.3) is 5.91 Å². The molecule has 0 saturated heterocycles. The van der Waals surface area contributed by atoms with Crippen molar-refractivity contribution in [1.29, 1.82) is 0 Å². The average molecular weight is 564 g/mol. The number of rotatable bonds is 11. The van der Waals surface area contributed by atoms with Crippen LogP contribution in [0.25, 0.3) is 0 Å². The summed E-state index contributed by atoms with van der Waals surface area (Å²) in [7, 11) is 1.46. The summed E-state index contributed by atoms with van der Waals surface area (Å²) in [5.74, 6) is -3.85. The third kappa shape index (κ3) is 6.16. The largest absolute Gasteiger partial charge is 0.481 e. The summed E-state index contributed by atoms with van der Waals surface area (Å²) in [6, 6.07) is -1.32. The van der Waals surface area contributed by atoms with Crippen LogP contribution in [0.15, 0.2) is 35.5 Å². The number of hydrogen-bond acceptors (Lipinski definition) is 8. The van der Waals surface area contributed by atoms with Crippen molar-refractivity contribution < 1.29 is 49.1 Å². The first-order valence-corrected chi connectivity index (χ1v) is 13.6. The number of nitrogens with zero attached hydrogens (tertiary/aromatic N) is 1. The number of carbonyl (C=O) groups excluding carboxylic acids is 2. The topological polar surface area (TPSA) is 171 Å². The van der Waals surface area contributed by atoms with Gasteiger partial charge in [0.2, 0.25) is 0 Å². The molecule has 40 heavy (non-hydrogen) atoms. The number of carboxylic acids is 2. The summed E-state index contributed by atoms with van der Waals surface area (Å²) in [6.07, 6.45) is 3.38. The summed E-state index contributed by atoms with van der Waals surface area (Å²) in [6.45, 7) is 7.47. The number of hydrogen-bond donors (Lipinski definition) is 4. The Morgan fingerprint density at radius 3 is 2.38 bits per heavy atom. The molecule has 1 amide bonds. The van der Waals surface area contributed by atoms with E-state index >= 15 is 0 Å². The van der Waals surface area contributed by atoms with Gasteiger partial charge < -0.3 is 34.8 Å². The lowest BCUT2D eigenvalue weighted by molar-refractivity contribution is -0.173. The van der Waals surface area contributed by atoms with Crippen molar-refractivity contribution in [2.45, 2.75) is 90.3 Å². The lowest BCUT2D eigenvalue weighted by atomic mass is 9.49. The maximum atomic E-state index is 13.9. The van der Waals surface area contributed by atoms with E-state index in [9.17, 15) is 34.5 Å². The Bertz CT molecular complexity index is 1110. The number of amides is 1. The molecule has 2 aliphatic carbocycles. The highest BCUT2D eigenvalue weighted by Crippen LogP contribution is 2.62. The van der Waals surface area contributed by atoms with Crippen LogP contribution in [0, 0.1) is 16.7 Å². The monoisotopic (exact) mass is 563 g/mol. The molecule has 1 aliphatic heterocycles.